The highest BCUT2D eigenvalue weighted by molar-refractivity contribution is 5.81. The average molecular weight is 427 g/mol. The lowest BCUT2D eigenvalue weighted by molar-refractivity contribution is -0.123. The molecule has 1 N–H and O–H groups in total. The number of fused-ring (bicyclic) bond motifs is 1. The van der Waals surface area contributed by atoms with Gasteiger partial charge < -0.3 is 14.8 Å². The average Bonchev–Trinajstić information content (AvgIpc) is 3.63. The Balaban J connectivity index is 1.72. The zero-order chi connectivity index (χ0) is 22.0. The van der Waals surface area contributed by atoms with E-state index in [-0.39, 0.29) is 29.7 Å². The van der Waals surface area contributed by atoms with Crippen LogP contribution >= 0.6 is 0 Å². The summed E-state index contributed by atoms with van der Waals surface area (Å²) in [6, 6.07) is 10.8. The molecule has 4 rings (SSSR count). The smallest absolute Gasteiger partial charge is 0.223 e. The molecular weight excluding hydrogens is 395 g/mol. The fourth-order valence-electron chi connectivity index (χ4n) is 4.57. The van der Waals surface area contributed by atoms with Crippen molar-refractivity contribution in [3.05, 3.63) is 58.9 Å². The van der Waals surface area contributed by atoms with Crippen molar-refractivity contribution in [3.8, 4) is 11.5 Å². The van der Waals surface area contributed by atoms with Gasteiger partial charge in [0.1, 0.15) is 5.82 Å². The second-order valence-corrected chi connectivity index (χ2v) is 8.46. The van der Waals surface area contributed by atoms with Crippen LogP contribution in [0.15, 0.2) is 36.4 Å². The van der Waals surface area contributed by atoms with Crippen LogP contribution in [-0.2, 0) is 17.8 Å². The molecule has 1 heterocycles. The number of rotatable bonds is 8. The number of methoxy groups -OCH3 is 2. The molecule has 5 nitrogen and oxygen atoms in total. The Morgan fingerprint density at radius 1 is 1.19 bits per heavy atom. The van der Waals surface area contributed by atoms with Gasteiger partial charge >= 0.3 is 0 Å². The lowest BCUT2D eigenvalue weighted by atomic mass is 9.86. The van der Waals surface area contributed by atoms with E-state index in [0.29, 0.717) is 23.6 Å². The fourth-order valence-corrected chi connectivity index (χ4v) is 4.57. The van der Waals surface area contributed by atoms with E-state index in [1.54, 1.807) is 20.3 Å². The van der Waals surface area contributed by atoms with E-state index in [1.807, 2.05) is 24.3 Å². The summed E-state index contributed by atoms with van der Waals surface area (Å²) in [5, 5.41) is 3.29. The number of benzene rings is 2. The Morgan fingerprint density at radius 3 is 2.55 bits per heavy atom. The molecule has 2 aliphatic rings. The number of hydrogen-bond donors (Lipinski definition) is 1. The molecule has 1 saturated carbocycles. The highest BCUT2D eigenvalue weighted by Crippen LogP contribution is 2.41. The molecule has 0 unspecified atom stereocenters. The van der Waals surface area contributed by atoms with Crippen LogP contribution in [-0.4, -0.2) is 37.6 Å². The van der Waals surface area contributed by atoms with Gasteiger partial charge in [0, 0.05) is 30.6 Å². The topological polar surface area (TPSA) is 50.8 Å². The summed E-state index contributed by atoms with van der Waals surface area (Å²) in [7, 11) is 3.27. The number of nitrogens with zero attached hydrogens (tertiary/aromatic N) is 1. The van der Waals surface area contributed by atoms with Crippen LogP contribution in [0.1, 0.15) is 48.9 Å². The van der Waals surface area contributed by atoms with Gasteiger partial charge in [0.05, 0.1) is 20.3 Å². The van der Waals surface area contributed by atoms with E-state index >= 15 is 0 Å². The van der Waals surface area contributed by atoms with Gasteiger partial charge in [0.15, 0.2) is 11.5 Å². The van der Waals surface area contributed by atoms with E-state index in [2.05, 4.69) is 17.1 Å². The van der Waals surface area contributed by atoms with Crippen molar-refractivity contribution in [2.24, 2.45) is 5.92 Å². The van der Waals surface area contributed by atoms with E-state index < -0.39 is 0 Å². The molecule has 1 aliphatic carbocycles. The summed E-state index contributed by atoms with van der Waals surface area (Å²) in [5.41, 5.74) is 2.97. The zero-order valence-corrected chi connectivity index (χ0v) is 18.5. The molecule has 1 fully saturated rings. The van der Waals surface area contributed by atoms with Gasteiger partial charge in [-0.25, -0.2) is 4.39 Å². The van der Waals surface area contributed by atoms with Gasteiger partial charge in [-0.3, -0.25) is 9.69 Å². The molecule has 2 atom stereocenters. The van der Waals surface area contributed by atoms with Crippen molar-refractivity contribution in [3.63, 3.8) is 0 Å². The number of halogens is 1. The quantitative estimate of drug-likeness (QED) is 0.686. The monoisotopic (exact) mass is 426 g/mol. The lowest BCUT2D eigenvalue weighted by Gasteiger charge is -2.42. The molecule has 31 heavy (non-hydrogen) atoms. The Bertz CT molecular complexity index is 944. The fraction of sp³-hybridized carbons (Fsp3) is 0.480. The van der Waals surface area contributed by atoms with Crippen LogP contribution < -0.4 is 14.8 Å². The number of carbonyl (C=O) groups excluding carboxylic acids is 1. The predicted octanol–water partition coefficient (Wildman–Crippen LogP) is 4.25. The van der Waals surface area contributed by atoms with Gasteiger partial charge in [0.25, 0.3) is 0 Å². The van der Waals surface area contributed by atoms with Crippen molar-refractivity contribution < 1.29 is 18.7 Å². The van der Waals surface area contributed by atoms with E-state index in [0.717, 1.165) is 37.8 Å². The van der Waals surface area contributed by atoms with Crippen molar-refractivity contribution in [1.82, 2.24) is 10.2 Å². The van der Waals surface area contributed by atoms with Crippen LogP contribution in [0.25, 0.3) is 0 Å². The predicted molar refractivity (Wildman–Crippen MR) is 118 cm³/mol. The van der Waals surface area contributed by atoms with E-state index in [4.69, 9.17) is 9.47 Å². The van der Waals surface area contributed by atoms with Crippen LogP contribution in [0.3, 0.4) is 0 Å². The normalized spacial score (nSPS) is 19.4. The third-order valence-electron chi connectivity index (χ3n) is 6.45. The minimum Gasteiger partial charge on any atom is -0.493 e. The number of carbonyl (C=O) groups is 1. The molecule has 0 saturated heterocycles. The van der Waals surface area contributed by atoms with Crippen molar-refractivity contribution >= 4 is 5.91 Å². The first-order chi connectivity index (χ1) is 15.0. The van der Waals surface area contributed by atoms with Gasteiger partial charge in [-0.05, 0) is 55.0 Å². The summed E-state index contributed by atoms with van der Waals surface area (Å²) in [6.45, 7) is 3.35. The van der Waals surface area contributed by atoms with Crippen LogP contribution in [0.2, 0.25) is 0 Å². The molecule has 6 heteroatoms. The number of amides is 1. The first kappa shape index (κ1) is 21.6. The summed E-state index contributed by atoms with van der Waals surface area (Å²) in [5.74, 6) is 1.45. The molecule has 1 aliphatic heterocycles. The van der Waals surface area contributed by atoms with E-state index in [9.17, 15) is 9.18 Å². The first-order valence-corrected chi connectivity index (χ1v) is 11.1. The second kappa shape index (κ2) is 9.27. The van der Waals surface area contributed by atoms with Crippen LogP contribution in [0, 0.1) is 11.7 Å². The molecule has 0 spiro atoms. The van der Waals surface area contributed by atoms with Gasteiger partial charge in [-0.15, -0.1) is 0 Å². The Hall–Kier alpha value is -2.60. The summed E-state index contributed by atoms with van der Waals surface area (Å²) < 4.78 is 25.5. The maximum absolute atomic E-state index is 14.5. The highest BCUT2D eigenvalue weighted by Gasteiger charge is 2.38. The molecule has 0 aromatic heterocycles. The molecular formula is C25H31FN2O3. The maximum atomic E-state index is 14.5. The minimum atomic E-state index is -0.200. The third-order valence-corrected chi connectivity index (χ3v) is 6.45. The lowest BCUT2D eigenvalue weighted by Crippen LogP contribution is -2.49. The third kappa shape index (κ3) is 4.54. The van der Waals surface area contributed by atoms with E-state index in [1.165, 1.54) is 11.6 Å². The molecule has 0 bridgehead atoms. The van der Waals surface area contributed by atoms with Gasteiger partial charge in [0.2, 0.25) is 5.91 Å². The zero-order valence-electron chi connectivity index (χ0n) is 18.5. The summed E-state index contributed by atoms with van der Waals surface area (Å²) in [4.78, 5) is 14.9. The Kier molecular flexibility index (Phi) is 6.46. The Labute approximate surface area is 183 Å². The number of hydrogen-bond acceptors (Lipinski definition) is 4. The van der Waals surface area contributed by atoms with Gasteiger partial charge in [-0.1, -0.05) is 25.1 Å². The molecule has 1 amide bonds. The molecule has 0 radical (unpaired) electrons. The van der Waals surface area contributed by atoms with Gasteiger partial charge in [-0.2, -0.15) is 0 Å². The van der Waals surface area contributed by atoms with Crippen LogP contribution in [0.5, 0.6) is 11.5 Å². The summed E-state index contributed by atoms with van der Waals surface area (Å²) in [6.07, 6.45) is 3.54. The minimum absolute atomic E-state index is 0.0722. The highest BCUT2D eigenvalue weighted by atomic mass is 19.1. The SMILES string of the molecule is CC[C@H](NC(=O)C1CC1)[C@@H]1c2cc(OC)c(OC)cc2CCN1Cc1ccccc1F. The van der Waals surface area contributed by atoms with Crippen LogP contribution in [0.4, 0.5) is 4.39 Å². The Morgan fingerprint density at radius 2 is 1.90 bits per heavy atom. The number of nitrogens with one attached hydrogen (secondary N) is 1. The maximum Gasteiger partial charge on any atom is 0.223 e. The second-order valence-electron chi connectivity index (χ2n) is 8.46. The molecule has 166 valence electrons. The van der Waals surface area contributed by atoms with Crippen molar-refractivity contribution in [1.29, 1.82) is 0 Å². The summed E-state index contributed by atoms with van der Waals surface area (Å²) >= 11 is 0. The van der Waals surface area contributed by atoms with Crippen molar-refractivity contribution in [2.45, 2.75) is 51.2 Å². The number of ether oxygens (including phenoxy) is 2. The molecule has 2 aromatic rings. The largest absolute Gasteiger partial charge is 0.493 e. The molecule has 2 aromatic carbocycles. The van der Waals surface area contributed by atoms with Crippen molar-refractivity contribution in [2.75, 3.05) is 20.8 Å². The standard InChI is InChI=1S/C25H31FN2O3/c1-4-21(27-25(29)16-9-10-16)24-19-14-23(31-3)22(30-2)13-17(19)11-12-28(24)15-18-7-5-6-8-20(18)26/h5-8,13-14,16,21,24H,4,9-12,15H2,1-3H3,(H,27,29)/t21-,24-/m0/s1. The first-order valence-electron chi connectivity index (χ1n) is 11.1.